The van der Waals surface area contributed by atoms with Crippen LogP contribution in [0.15, 0.2) is 18.2 Å². The molecule has 2 fully saturated rings. The van der Waals surface area contributed by atoms with Gasteiger partial charge in [0, 0.05) is 12.6 Å². The van der Waals surface area contributed by atoms with Crippen LogP contribution < -0.4 is 5.32 Å². The molecular weight excluding hydrogens is 264 g/mol. The molecule has 1 N–H and O–H groups in total. The van der Waals surface area contributed by atoms with E-state index in [9.17, 15) is 10.1 Å². The Kier molecular flexibility index (Phi) is 3.35. The normalized spacial score (nSPS) is 18.6. The Morgan fingerprint density at radius 2 is 1.95 bits per heavy atom. The van der Waals surface area contributed by atoms with Crippen LogP contribution in [-0.2, 0) is 0 Å². The summed E-state index contributed by atoms with van der Waals surface area (Å²) < 4.78 is 0. The molecule has 0 aromatic heterocycles. The molecule has 3 rings (SSSR count). The number of rotatable bonds is 6. The second-order valence-corrected chi connectivity index (χ2v) is 6.02. The van der Waals surface area contributed by atoms with Gasteiger partial charge in [-0.1, -0.05) is 17.7 Å². The van der Waals surface area contributed by atoms with Gasteiger partial charge in [-0.05, 0) is 49.5 Å². The number of para-hydroxylation sites is 1. The van der Waals surface area contributed by atoms with Crippen LogP contribution in [0.4, 0.5) is 11.4 Å². The molecule has 1 aromatic rings. The van der Waals surface area contributed by atoms with Crippen molar-refractivity contribution in [3.63, 3.8) is 0 Å². The summed E-state index contributed by atoms with van der Waals surface area (Å²) in [6.07, 6.45) is 5.25. The molecule has 0 bridgehead atoms. The van der Waals surface area contributed by atoms with Gasteiger partial charge in [0.25, 0.3) is 5.69 Å². The standard InChI is InChI=1S/C14H17ClN2O2/c15-12-2-1-3-13(17(18)19)14(12)16-8-11(9-4-5-9)10-6-7-10/h1-3,9-11,16H,4-8H2. The number of hydrogen-bond acceptors (Lipinski definition) is 3. The minimum Gasteiger partial charge on any atom is -0.378 e. The number of nitrogens with zero attached hydrogens (tertiary/aromatic N) is 1. The predicted octanol–water partition coefficient (Wildman–Crippen LogP) is 4.10. The lowest BCUT2D eigenvalue weighted by Crippen LogP contribution is -2.19. The van der Waals surface area contributed by atoms with Gasteiger partial charge < -0.3 is 5.32 Å². The Bertz CT molecular complexity index is 486. The van der Waals surface area contributed by atoms with Gasteiger partial charge in [-0.25, -0.2) is 0 Å². The van der Waals surface area contributed by atoms with E-state index in [1.165, 1.54) is 31.7 Å². The van der Waals surface area contributed by atoms with Gasteiger partial charge in [0.1, 0.15) is 5.69 Å². The van der Waals surface area contributed by atoms with E-state index in [-0.39, 0.29) is 10.6 Å². The van der Waals surface area contributed by atoms with Gasteiger partial charge in [-0.3, -0.25) is 10.1 Å². The van der Waals surface area contributed by atoms with Crippen molar-refractivity contribution >= 4 is 23.0 Å². The van der Waals surface area contributed by atoms with Crippen molar-refractivity contribution in [2.45, 2.75) is 25.7 Å². The molecule has 0 heterocycles. The quantitative estimate of drug-likeness (QED) is 0.630. The Balaban J connectivity index is 1.73. The molecule has 4 nitrogen and oxygen atoms in total. The third-order valence-electron chi connectivity index (χ3n) is 4.16. The van der Waals surface area contributed by atoms with Crippen LogP contribution >= 0.6 is 11.6 Å². The highest BCUT2D eigenvalue weighted by molar-refractivity contribution is 6.33. The average Bonchev–Trinajstić information content (AvgIpc) is 3.25. The fourth-order valence-corrected chi connectivity index (χ4v) is 3.06. The molecule has 0 aliphatic heterocycles. The van der Waals surface area contributed by atoms with Crippen LogP contribution in [0.3, 0.4) is 0 Å². The summed E-state index contributed by atoms with van der Waals surface area (Å²) in [5.74, 6) is 2.30. The topological polar surface area (TPSA) is 55.2 Å². The summed E-state index contributed by atoms with van der Waals surface area (Å²) in [5, 5.41) is 14.7. The maximum atomic E-state index is 11.0. The summed E-state index contributed by atoms with van der Waals surface area (Å²) in [5.41, 5.74) is 0.540. The zero-order valence-electron chi connectivity index (χ0n) is 10.6. The van der Waals surface area contributed by atoms with E-state index in [1.54, 1.807) is 12.1 Å². The molecule has 2 aliphatic rings. The van der Waals surface area contributed by atoms with Crippen molar-refractivity contribution in [2.75, 3.05) is 11.9 Å². The SMILES string of the molecule is O=[N+]([O-])c1cccc(Cl)c1NCC(C1CC1)C1CC1. The summed E-state index contributed by atoms with van der Waals surface area (Å²) in [7, 11) is 0. The van der Waals surface area contributed by atoms with E-state index < -0.39 is 0 Å². The van der Waals surface area contributed by atoms with Crippen molar-refractivity contribution in [3.05, 3.63) is 33.3 Å². The van der Waals surface area contributed by atoms with E-state index in [2.05, 4.69) is 5.32 Å². The lowest BCUT2D eigenvalue weighted by molar-refractivity contribution is -0.383. The molecule has 2 saturated carbocycles. The summed E-state index contributed by atoms with van der Waals surface area (Å²) in [6, 6.07) is 4.81. The zero-order valence-corrected chi connectivity index (χ0v) is 11.4. The molecule has 0 saturated heterocycles. The predicted molar refractivity (Wildman–Crippen MR) is 75.5 cm³/mol. The molecule has 0 radical (unpaired) electrons. The minimum absolute atomic E-state index is 0.0674. The largest absolute Gasteiger partial charge is 0.378 e. The van der Waals surface area contributed by atoms with Crippen molar-refractivity contribution in [1.29, 1.82) is 0 Å². The third kappa shape index (κ3) is 2.84. The number of halogens is 1. The molecule has 0 atom stereocenters. The Labute approximate surface area is 117 Å². The fraction of sp³-hybridized carbons (Fsp3) is 0.571. The lowest BCUT2D eigenvalue weighted by atomic mass is 9.98. The van der Waals surface area contributed by atoms with Crippen LogP contribution in [0.2, 0.25) is 5.02 Å². The maximum Gasteiger partial charge on any atom is 0.293 e. The highest BCUT2D eigenvalue weighted by Gasteiger charge is 2.41. The summed E-state index contributed by atoms with van der Waals surface area (Å²) in [6.45, 7) is 0.805. The van der Waals surface area contributed by atoms with Gasteiger partial charge >= 0.3 is 0 Å². The zero-order chi connectivity index (χ0) is 13.4. The van der Waals surface area contributed by atoms with Crippen molar-refractivity contribution in [2.24, 2.45) is 17.8 Å². The Morgan fingerprint density at radius 1 is 1.32 bits per heavy atom. The molecule has 102 valence electrons. The van der Waals surface area contributed by atoms with E-state index in [0.717, 1.165) is 18.4 Å². The van der Waals surface area contributed by atoms with Gasteiger partial charge in [0.05, 0.1) is 9.95 Å². The van der Waals surface area contributed by atoms with Crippen molar-refractivity contribution in [1.82, 2.24) is 0 Å². The van der Waals surface area contributed by atoms with Crippen LogP contribution in [0, 0.1) is 27.9 Å². The molecule has 0 spiro atoms. The monoisotopic (exact) mass is 280 g/mol. The second-order valence-electron chi connectivity index (χ2n) is 5.61. The van der Waals surface area contributed by atoms with Gasteiger partial charge in [0.15, 0.2) is 0 Å². The van der Waals surface area contributed by atoms with E-state index in [0.29, 0.717) is 16.6 Å². The molecule has 0 unspecified atom stereocenters. The van der Waals surface area contributed by atoms with Gasteiger partial charge in [0.2, 0.25) is 0 Å². The minimum atomic E-state index is -0.378. The molecule has 0 amide bonds. The fourth-order valence-electron chi connectivity index (χ4n) is 2.83. The Morgan fingerprint density at radius 3 is 2.47 bits per heavy atom. The number of nitrogens with one attached hydrogen (secondary N) is 1. The number of nitro groups is 1. The molecule has 1 aromatic carbocycles. The summed E-state index contributed by atoms with van der Waals surface area (Å²) >= 11 is 6.08. The first kappa shape index (κ1) is 12.7. The van der Waals surface area contributed by atoms with Crippen molar-refractivity contribution in [3.8, 4) is 0 Å². The van der Waals surface area contributed by atoms with Crippen LogP contribution in [0.5, 0.6) is 0 Å². The smallest absolute Gasteiger partial charge is 0.293 e. The molecule has 2 aliphatic carbocycles. The van der Waals surface area contributed by atoms with Crippen LogP contribution in [-0.4, -0.2) is 11.5 Å². The number of anilines is 1. The van der Waals surface area contributed by atoms with E-state index >= 15 is 0 Å². The van der Waals surface area contributed by atoms with E-state index in [4.69, 9.17) is 11.6 Å². The van der Waals surface area contributed by atoms with Crippen LogP contribution in [0.1, 0.15) is 25.7 Å². The highest BCUT2D eigenvalue weighted by Crippen LogP contribution is 2.49. The number of benzene rings is 1. The average molecular weight is 281 g/mol. The van der Waals surface area contributed by atoms with Gasteiger partial charge in [-0.2, -0.15) is 0 Å². The number of hydrogen-bond donors (Lipinski definition) is 1. The summed E-state index contributed by atoms with van der Waals surface area (Å²) in [4.78, 5) is 10.6. The van der Waals surface area contributed by atoms with Gasteiger partial charge in [-0.15, -0.1) is 0 Å². The molecule has 5 heteroatoms. The lowest BCUT2D eigenvalue weighted by Gasteiger charge is -2.17. The second kappa shape index (κ2) is 5.00. The number of nitro benzene ring substituents is 1. The first-order chi connectivity index (χ1) is 9.16. The van der Waals surface area contributed by atoms with E-state index in [1.807, 2.05) is 0 Å². The van der Waals surface area contributed by atoms with Crippen molar-refractivity contribution < 1.29 is 4.92 Å². The highest BCUT2D eigenvalue weighted by atomic mass is 35.5. The first-order valence-corrected chi connectivity index (χ1v) is 7.21. The molecule has 19 heavy (non-hydrogen) atoms. The van der Waals surface area contributed by atoms with Crippen LogP contribution in [0.25, 0.3) is 0 Å². The maximum absolute atomic E-state index is 11.0. The first-order valence-electron chi connectivity index (χ1n) is 6.83. The Hall–Kier alpha value is -1.29. The molecular formula is C14H17ClN2O2. The third-order valence-corrected chi connectivity index (χ3v) is 4.47.